The van der Waals surface area contributed by atoms with Crippen molar-refractivity contribution in [1.29, 1.82) is 0 Å². The molecule has 4 rings (SSSR count). The van der Waals surface area contributed by atoms with Crippen LogP contribution in [0.4, 0.5) is 16.2 Å². The minimum absolute atomic E-state index is 0.0290. The van der Waals surface area contributed by atoms with Crippen LogP contribution in [0.5, 0.6) is 0 Å². The molecule has 1 amide bonds. The van der Waals surface area contributed by atoms with Crippen LogP contribution in [0, 0.1) is 0 Å². The Morgan fingerprint density at radius 3 is 2.68 bits per heavy atom. The Morgan fingerprint density at radius 2 is 1.96 bits per heavy atom. The second kappa shape index (κ2) is 6.83. The number of cyclic esters (lactones) is 1. The molecule has 0 saturated carbocycles. The van der Waals surface area contributed by atoms with E-state index in [1.54, 1.807) is 24.3 Å². The van der Waals surface area contributed by atoms with Crippen LogP contribution in [0.25, 0.3) is 0 Å². The second-order valence-electron chi connectivity index (χ2n) is 6.66. The van der Waals surface area contributed by atoms with Crippen LogP contribution in [0.2, 0.25) is 0 Å². The first-order valence-corrected chi connectivity index (χ1v) is 10.3. The van der Waals surface area contributed by atoms with Gasteiger partial charge in [-0.15, -0.1) is 0 Å². The topological polar surface area (TPSA) is 113 Å². The van der Waals surface area contributed by atoms with Crippen LogP contribution in [-0.2, 0) is 27.6 Å². The summed E-state index contributed by atoms with van der Waals surface area (Å²) in [5.74, 6) is -1.17. The highest BCUT2D eigenvalue weighted by Crippen LogP contribution is 2.34. The Bertz CT molecular complexity index is 1080. The number of para-hydroxylation sites is 2. The van der Waals surface area contributed by atoms with E-state index in [2.05, 4.69) is 4.72 Å². The average Bonchev–Trinajstić information content (AvgIpc) is 3.29. The van der Waals surface area contributed by atoms with Crippen LogP contribution in [-0.4, -0.2) is 38.7 Å². The molecule has 1 fully saturated rings. The molecule has 2 N–H and O–H groups in total. The molecule has 2 aromatic rings. The number of carbonyl (C=O) groups excluding carboxylic acids is 1. The van der Waals surface area contributed by atoms with E-state index >= 15 is 0 Å². The fourth-order valence-electron chi connectivity index (χ4n) is 3.64. The number of hydrogen-bond acceptors (Lipinski definition) is 5. The number of amides is 1. The van der Waals surface area contributed by atoms with Gasteiger partial charge < -0.3 is 9.84 Å². The number of nitrogens with zero attached hydrogens (tertiary/aromatic N) is 1. The van der Waals surface area contributed by atoms with Crippen molar-refractivity contribution < 1.29 is 27.9 Å². The predicted octanol–water partition coefficient (Wildman–Crippen LogP) is 2.63. The monoisotopic (exact) mass is 402 g/mol. The standard InChI is InChI=1S/C19H18N2O6S/c22-18(23)13-10-12-4-3-5-14(12)17(11-13)28(25,26)20-15-6-1-2-7-16(15)21-8-9-27-19(21)24/h1-2,6-7,10-11,20H,3-5,8-9H2,(H,22,23). The molecule has 1 saturated heterocycles. The molecule has 0 radical (unpaired) electrons. The van der Waals surface area contributed by atoms with Crippen molar-refractivity contribution in [2.75, 3.05) is 22.8 Å². The van der Waals surface area contributed by atoms with Crippen LogP contribution in [0.15, 0.2) is 41.3 Å². The zero-order valence-electron chi connectivity index (χ0n) is 14.8. The lowest BCUT2D eigenvalue weighted by molar-refractivity contribution is 0.0696. The van der Waals surface area contributed by atoms with Gasteiger partial charge in [-0.05, 0) is 54.7 Å². The van der Waals surface area contributed by atoms with Crippen molar-refractivity contribution in [1.82, 2.24) is 0 Å². The molecule has 9 heteroatoms. The predicted molar refractivity (Wildman–Crippen MR) is 101 cm³/mol. The maximum atomic E-state index is 13.1. The maximum Gasteiger partial charge on any atom is 0.414 e. The van der Waals surface area contributed by atoms with Crippen molar-refractivity contribution in [2.45, 2.75) is 24.2 Å². The lowest BCUT2D eigenvalue weighted by Crippen LogP contribution is -2.25. The first-order chi connectivity index (χ1) is 13.4. The molecule has 0 spiro atoms. The van der Waals surface area contributed by atoms with E-state index in [1.165, 1.54) is 17.0 Å². The van der Waals surface area contributed by atoms with Crippen LogP contribution < -0.4 is 9.62 Å². The van der Waals surface area contributed by atoms with E-state index in [0.29, 0.717) is 30.6 Å². The summed E-state index contributed by atoms with van der Waals surface area (Å²) in [6, 6.07) is 9.27. The molecule has 28 heavy (non-hydrogen) atoms. The third-order valence-electron chi connectivity index (χ3n) is 4.91. The van der Waals surface area contributed by atoms with Crippen molar-refractivity contribution >= 4 is 33.5 Å². The maximum absolute atomic E-state index is 13.1. The molecular formula is C19H18N2O6S. The summed E-state index contributed by atoms with van der Waals surface area (Å²) in [7, 11) is -4.06. The summed E-state index contributed by atoms with van der Waals surface area (Å²) in [5, 5.41) is 9.34. The fourth-order valence-corrected chi connectivity index (χ4v) is 5.05. The van der Waals surface area contributed by atoms with E-state index < -0.39 is 22.1 Å². The van der Waals surface area contributed by atoms with Crippen LogP contribution in [0.1, 0.15) is 27.9 Å². The number of sulfonamides is 1. The minimum atomic E-state index is -4.06. The number of carbonyl (C=O) groups is 2. The van der Waals surface area contributed by atoms with Gasteiger partial charge in [0.2, 0.25) is 0 Å². The third kappa shape index (κ3) is 3.18. The summed E-state index contributed by atoms with van der Waals surface area (Å²) in [4.78, 5) is 24.7. The van der Waals surface area contributed by atoms with Gasteiger partial charge in [0, 0.05) is 0 Å². The molecular weight excluding hydrogens is 384 g/mol. The SMILES string of the molecule is O=C(O)c1cc2c(c(S(=O)(=O)Nc3ccccc3N3CCOC3=O)c1)CCC2. The molecule has 1 heterocycles. The van der Waals surface area contributed by atoms with Crippen molar-refractivity contribution in [3.63, 3.8) is 0 Å². The summed E-state index contributed by atoms with van der Waals surface area (Å²) >= 11 is 0. The zero-order valence-corrected chi connectivity index (χ0v) is 15.7. The molecule has 146 valence electrons. The smallest absolute Gasteiger partial charge is 0.414 e. The first kappa shape index (κ1) is 18.3. The molecule has 2 aromatic carbocycles. The number of nitrogens with one attached hydrogen (secondary N) is 1. The molecule has 0 atom stereocenters. The average molecular weight is 402 g/mol. The van der Waals surface area contributed by atoms with Gasteiger partial charge in [0.05, 0.1) is 28.4 Å². The van der Waals surface area contributed by atoms with Gasteiger partial charge in [0.1, 0.15) is 6.61 Å². The van der Waals surface area contributed by atoms with Crippen molar-refractivity contribution in [2.24, 2.45) is 0 Å². The Labute approximate surface area is 161 Å². The highest BCUT2D eigenvalue weighted by Gasteiger charge is 2.29. The number of anilines is 2. The van der Waals surface area contributed by atoms with E-state index in [9.17, 15) is 23.1 Å². The third-order valence-corrected chi connectivity index (χ3v) is 6.34. The number of carboxylic acids is 1. The molecule has 1 aliphatic carbocycles. The number of rotatable bonds is 5. The van der Waals surface area contributed by atoms with E-state index in [0.717, 1.165) is 12.0 Å². The van der Waals surface area contributed by atoms with Gasteiger partial charge in [-0.2, -0.15) is 0 Å². The second-order valence-corrected chi connectivity index (χ2v) is 8.31. The number of benzene rings is 2. The highest BCUT2D eigenvalue weighted by molar-refractivity contribution is 7.92. The number of fused-ring (bicyclic) bond motifs is 1. The highest BCUT2D eigenvalue weighted by atomic mass is 32.2. The van der Waals surface area contributed by atoms with Crippen molar-refractivity contribution in [3.8, 4) is 0 Å². The first-order valence-electron chi connectivity index (χ1n) is 8.82. The largest absolute Gasteiger partial charge is 0.478 e. The molecule has 0 bridgehead atoms. The number of aryl methyl sites for hydroxylation is 1. The quantitative estimate of drug-likeness (QED) is 0.795. The molecule has 8 nitrogen and oxygen atoms in total. The van der Waals surface area contributed by atoms with Crippen LogP contribution >= 0.6 is 0 Å². The number of aromatic carboxylic acids is 1. The Balaban J connectivity index is 1.76. The van der Waals surface area contributed by atoms with E-state index in [-0.39, 0.29) is 22.8 Å². The summed E-state index contributed by atoms with van der Waals surface area (Å²) < 4.78 is 33.8. The number of hydrogen-bond donors (Lipinski definition) is 2. The summed E-state index contributed by atoms with van der Waals surface area (Å²) in [5.41, 5.74) is 1.96. The van der Waals surface area contributed by atoms with Gasteiger partial charge in [-0.25, -0.2) is 18.0 Å². The Hall–Kier alpha value is -3.07. The van der Waals surface area contributed by atoms with Gasteiger partial charge in [0.15, 0.2) is 0 Å². The normalized spacial score (nSPS) is 16.0. The fraction of sp³-hybridized carbons (Fsp3) is 0.263. The van der Waals surface area contributed by atoms with Gasteiger partial charge in [0.25, 0.3) is 10.0 Å². The van der Waals surface area contributed by atoms with E-state index in [1.807, 2.05) is 0 Å². The van der Waals surface area contributed by atoms with Gasteiger partial charge in [-0.3, -0.25) is 9.62 Å². The van der Waals surface area contributed by atoms with Gasteiger partial charge in [-0.1, -0.05) is 12.1 Å². The molecule has 2 aliphatic rings. The molecule has 1 aliphatic heterocycles. The lowest BCUT2D eigenvalue weighted by Gasteiger charge is -2.19. The Kier molecular flexibility index (Phi) is 4.46. The summed E-state index contributed by atoms with van der Waals surface area (Å²) in [6.45, 7) is 0.551. The van der Waals surface area contributed by atoms with Crippen LogP contribution in [0.3, 0.4) is 0 Å². The van der Waals surface area contributed by atoms with Gasteiger partial charge >= 0.3 is 12.1 Å². The summed E-state index contributed by atoms with van der Waals surface area (Å²) in [6.07, 6.45) is 1.46. The Morgan fingerprint density at radius 1 is 1.18 bits per heavy atom. The zero-order chi connectivity index (χ0) is 19.9. The number of carboxylic acid groups (broad SMARTS) is 1. The van der Waals surface area contributed by atoms with Crippen molar-refractivity contribution in [3.05, 3.63) is 53.1 Å². The molecule has 0 unspecified atom stereocenters. The van der Waals surface area contributed by atoms with E-state index in [4.69, 9.17) is 4.74 Å². The number of ether oxygens (including phenoxy) is 1. The lowest BCUT2D eigenvalue weighted by atomic mass is 10.1. The minimum Gasteiger partial charge on any atom is -0.478 e. The molecule has 0 aromatic heterocycles.